The minimum Gasteiger partial charge on any atom is -0.309 e. The fraction of sp³-hybridized carbons (Fsp3) is 0.692. The van der Waals surface area contributed by atoms with Gasteiger partial charge in [0.25, 0.3) is 0 Å². The normalized spacial score (nSPS) is 14.1. The molecule has 0 amide bonds. The lowest BCUT2D eigenvalue weighted by Gasteiger charge is -2.32. The highest BCUT2D eigenvalue weighted by atomic mass is 79.9. The highest BCUT2D eigenvalue weighted by Crippen LogP contribution is 2.39. The molecule has 16 heavy (non-hydrogen) atoms. The number of thiophene rings is 1. The second kappa shape index (κ2) is 5.65. The van der Waals surface area contributed by atoms with Crippen LogP contribution in [-0.2, 0) is 0 Å². The first-order valence-electron chi connectivity index (χ1n) is 5.85. The Kier molecular flexibility index (Phi) is 5.02. The first-order chi connectivity index (χ1) is 7.36. The number of aryl methyl sites for hydroxylation is 1. The summed E-state index contributed by atoms with van der Waals surface area (Å²) in [6.07, 6.45) is 1.18. The van der Waals surface area contributed by atoms with E-state index in [4.69, 9.17) is 0 Å². The molecule has 1 aromatic heterocycles. The van der Waals surface area contributed by atoms with Crippen molar-refractivity contribution in [2.45, 2.75) is 47.1 Å². The van der Waals surface area contributed by atoms with E-state index in [-0.39, 0.29) is 5.41 Å². The molecule has 0 radical (unpaired) electrons. The summed E-state index contributed by atoms with van der Waals surface area (Å²) < 4.78 is 1.23. The minimum absolute atomic E-state index is 0.250. The molecule has 1 heterocycles. The van der Waals surface area contributed by atoms with Gasteiger partial charge < -0.3 is 5.32 Å². The third-order valence-corrected chi connectivity index (χ3v) is 4.27. The molecular formula is C13H22BrNS. The zero-order chi connectivity index (χ0) is 12.3. The summed E-state index contributed by atoms with van der Waals surface area (Å²) in [5.41, 5.74) is 1.69. The molecule has 0 saturated heterocycles. The second-order valence-electron chi connectivity index (χ2n) is 5.32. The summed E-state index contributed by atoms with van der Waals surface area (Å²) in [6.45, 7) is 12.4. The van der Waals surface area contributed by atoms with Crippen LogP contribution in [0.3, 0.4) is 0 Å². The van der Waals surface area contributed by atoms with Gasteiger partial charge in [-0.15, -0.1) is 11.3 Å². The third-order valence-electron chi connectivity index (χ3n) is 2.70. The Morgan fingerprint density at radius 1 is 1.44 bits per heavy atom. The molecule has 0 aromatic carbocycles. The van der Waals surface area contributed by atoms with Crippen molar-refractivity contribution < 1.29 is 0 Å². The maximum Gasteiger partial charge on any atom is 0.0704 e. The molecule has 1 atom stereocenters. The summed E-state index contributed by atoms with van der Waals surface area (Å²) in [7, 11) is 0. The Morgan fingerprint density at radius 3 is 2.44 bits per heavy atom. The van der Waals surface area contributed by atoms with Gasteiger partial charge in [0.2, 0.25) is 0 Å². The van der Waals surface area contributed by atoms with Crippen molar-refractivity contribution in [3.05, 3.63) is 20.3 Å². The number of hydrogen-bond donors (Lipinski definition) is 1. The predicted molar refractivity (Wildman–Crippen MR) is 77.2 cm³/mol. The van der Waals surface area contributed by atoms with Crippen LogP contribution < -0.4 is 5.32 Å². The van der Waals surface area contributed by atoms with Gasteiger partial charge in [-0.3, -0.25) is 0 Å². The molecule has 0 saturated carbocycles. The van der Waals surface area contributed by atoms with Gasteiger partial charge in [-0.1, -0.05) is 27.7 Å². The topological polar surface area (TPSA) is 12.0 Å². The van der Waals surface area contributed by atoms with E-state index in [0.717, 1.165) is 6.54 Å². The Labute approximate surface area is 112 Å². The Bertz CT molecular complexity index is 338. The zero-order valence-electron chi connectivity index (χ0n) is 10.9. The highest BCUT2D eigenvalue weighted by Gasteiger charge is 2.27. The lowest BCUT2D eigenvalue weighted by Crippen LogP contribution is -2.32. The summed E-state index contributed by atoms with van der Waals surface area (Å²) in [5.74, 6) is 0. The van der Waals surface area contributed by atoms with E-state index in [9.17, 15) is 0 Å². The molecule has 0 aliphatic rings. The van der Waals surface area contributed by atoms with E-state index in [0.29, 0.717) is 6.04 Å². The quantitative estimate of drug-likeness (QED) is 0.833. The van der Waals surface area contributed by atoms with Crippen LogP contribution in [-0.4, -0.2) is 6.54 Å². The van der Waals surface area contributed by atoms with E-state index in [1.165, 1.54) is 20.6 Å². The minimum atomic E-state index is 0.250. The monoisotopic (exact) mass is 303 g/mol. The van der Waals surface area contributed by atoms with Crippen molar-refractivity contribution in [3.63, 3.8) is 0 Å². The van der Waals surface area contributed by atoms with Gasteiger partial charge >= 0.3 is 0 Å². The molecule has 0 aliphatic carbocycles. The van der Waals surface area contributed by atoms with Crippen molar-refractivity contribution in [2.24, 2.45) is 5.41 Å². The van der Waals surface area contributed by atoms with E-state index in [2.05, 4.69) is 61.9 Å². The first-order valence-corrected chi connectivity index (χ1v) is 7.46. The van der Waals surface area contributed by atoms with Gasteiger partial charge in [0.15, 0.2) is 0 Å². The fourth-order valence-electron chi connectivity index (χ4n) is 1.92. The predicted octanol–water partition coefficient (Wildman–Crippen LogP) is 4.91. The summed E-state index contributed by atoms with van der Waals surface area (Å²) in [5, 5.41) is 3.67. The number of rotatable bonds is 4. The van der Waals surface area contributed by atoms with Crippen molar-refractivity contribution >= 4 is 27.3 Å². The molecule has 1 rings (SSSR count). The standard InChI is InChI=1S/C13H22BrNS/c1-6-7-15-12(13(3,4)5)10-8-11(14)16-9(10)2/h8,12,15H,6-7H2,1-5H3. The van der Waals surface area contributed by atoms with E-state index in [1.54, 1.807) is 0 Å². The summed E-state index contributed by atoms with van der Waals surface area (Å²) in [4.78, 5) is 1.41. The average molecular weight is 304 g/mol. The Morgan fingerprint density at radius 2 is 2.06 bits per heavy atom. The molecule has 1 unspecified atom stereocenters. The maximum absolute atomic E-state index is 3.67. The van der Waals surface area contributed by atoms with E-state index in [1.807, 2.05) is 11.3 Å². The molecule has 92 valence electrons. The zero-order valence-corrected chi connectivity index (χ0v) is 13.3. The van der Waals surface area contributed by atoms with Crippen molar-refractivity contribution in [3.8, 4) is 0 Å². The van der Waals surface area contributed by atoms with Crippen molar-refractivity contribution in [2.75, 3.05) is 6.54 Å². The first kappa shape index (κ1) is 14.2. The largest absolute Gasteiger partial charge is 0.309 e. The van der Waals surface area contributed by atoms with E-state index >= 15 is 0 Å². The molecule has 0 bridgehead atoms. The third kappa shape index (κ3) is 3.57. The number of hydrogen-bond acceptors (Lipinski definition) is 2. The van der Waals surface area contributed by atoms with Gasteiger partial charge in [-0.25, -0.2) is 0 Å². The fourth-order valence-corrected chi connectivity index (χ4v) is 3.66. The van der Waals surface area contributed by atoms with Crippen molar-refractivity contribution in [1.82, 2.24) is 5.32 Å². The molecule has 1 N–H and O–H groups in total. The number of nitrogens with one attached hydrogen (secondary N) is 1. The smallest absolute Gasteiger partial charge is 0.0704 e. The molecule has 0 spiro atoms. The van der Waals surface area contributed by atoms with Crippen LogP contribution in [0.5, 0.6) is 0 Å². The van der Waals surface area contributed by atoms with Crippen LogP contribution in [0.25, 0.3) is 0 Å². The van der Waals surface area contributed by atoms with Crippen LogP contribution in [0.2, 0.25) is 0 Å². The molecule has 0 fully saturated rings. The summed E-state index contributed by atoms with van der Waals surface area (Å²) >= 11 is 5.40. The summed E-state index contributed by atoms with van der Waals surface area (Å²) in [6, 6.07) is 2.70. The molecule has 1 nitrogen and oxygen atoms in total. The van der Waals surface area contributed by atoms with Gasteiger partial charge in [0.05, 0.1) is 3.79 Å². The molecular weight excluding hydrogens is 282 g/mol. The molecule has 1 aromatic rings. The molecule has 0 aliphatic heterocycles. The van der Waals surface area contributed by atoms with Crippen LogP contribution in [0, 0.1) is 12.3 Å². The highest BCUT2D eigenvalue weighted by molar-refractivity contribution is 9.11. The van der Waals surface area contributed by atoms with Gasteiger partial charge in [-0.2, -0.15) is 0 Å². The second-order valence-corrected chi connectivity index (χ2v) is 7.95. The van der Waals surface area contributed by atoms with Gasteiger partial charge in [0.1, 0.15) is 0 Å². The Hall–Kier alpha value is 0.140. The Balaban J connectivity index is 2.96. The lowest BCUT2D eigenvalue weighted by molar-refractivity contribution is 0.273. The average Bonchev–Trinajstić information content (AvgIpc) is 2.44. The van der Waals surface area contributed by atoms with Gasteiger partial charge in [0, 0.05) is 10.9 Å². The molecule has 3 heteroatoms. The van der Waals surface area contributed by atoms with E-state index < -0.39 is 0 Å². The number of halogens is 1. The van der Waals surface area contributed by atoms with Crippen LogP contribution >= 0.6 is 27.3 Å². The maximum atomic E-state index is 3.67. The SMILES string of the molecule is CCCNC(c1cc(Br)sc1C)C(C)(C)C. The van der Waals surface area contributed by atoms with Gasteiger partial charge in [-0.05, 0) is 52.9 Å². The van der Waals surface area contributed by atoms with Crippen molar-refractivity contribution in [1.29, 1.82) is 0 Å². The van der Waals surface area contributed by atoms with Crippen LogP contribution in [0.4, 0.5) is 0 Å². The van der Waals surface area contributed by atoms with Crippen LogP contribution in [0.15, 0.2) is 9.85 Å². The van der Waals surface area contributed by atoms with Crippen LogP contribution in [0.1, 0.15) is 50.6 Å². The lowest BCUT2D eigenvalue weighted by atomic mass is 9.82.